The second kappa shape index (κ2) is 7.71. The third-order valence-corrected chi connectivity index (χ3v) is 7.07. The van der Waals surface area contributed by atoms with Crippen LogP contribution in [0.3, 0.4) is 0 Å². The van der Waals surface area contributed by atoms with Crippen LogP contribution >= 0.6 is 11.3 Å². The van der Waals surface area contributed by atoms with Crippen LogP contribution in [0.5, 0.6) is 0 Å². The van der Waals surface area contributed by atoms with E-state index < -0.39 is 10.0 Å². The van der Waals surface area contributed by atoms with Crippen molar-refractivity contribution in [1.29, 1.82) is 0 Å². The van der Waals surface area contributed by atoms with E-state index in [0.29, 0.717) is 5.69 Å². The maximum absolute atomic E-state index is 12.7. The smallest absolute Gasteiger partial charge is 0.238 e. The molecule has 0 bridgehead atoms. The van der Waals surface area contributed by atoms with E-state index in [2.05, 4.69) is 28.6 Å². The van der Waals surface area contributed by atoms with Gasteiger partial charge in [-0.05, 0) is 67.0 Å². The molecule has 0 spiro atoms. The standard InChI is InChI=1S/C19H25N3O3S2/c1-4-17-15-6-8-26-18(15)5-7-22(17)11-19(23)21-16-10-14(27(20,24)25)9-12(2)13(16)3/h6,8-10,17H,4-5,7,11H2,1-3H3,(H,21,23)(H2,20,24,25). The fraction of sp³-hybridized carbons (Fsp3) is 0.421. The number of thiophene rings is 1. The van der Waals surface area contributed by atoms with E-state index in [1.165, 1.54) is 22.6 Å². The number of hydrogen-bond donors (Lipinski definition) is 2. The minimum atomic E-state index is -3.83. The van der Waals surface area contributed by atoms with Gasteiger partial charge in [-0.15, -0.1) is 11.3 Å². The highest BCUT2D eigenvalue weighted by Crippen LogP contribution is 2.35. The van der Waals surface area contributed by atoms with E-state index in [0.717, 1.165) is 30.5 Å². The first-order valence-electron chi connectivity index (χ1n) is 8.95. The first kappa shape index (κ1) is 20.0. The number of anilines is 1. The number of rotatable bonds is 5. The van der Waals surface area contributed by atoms with E-state index in [9.17, 15) is 13.2 Å². The Kier molecular flexibility index (Phi) is 5.71. The molecule has 8 heteroatoms. The van der Waals surface area contributed by atoms with Gasteiger partial charge in [0.05, 0.1) is 11.4 Å². The molecular formula is C19H25N3O3S2. The largest absolute Gasteiger partial charge is 0.325 e. The Morgan fingerprint density at radius 3 is 2.78 bits per heavy atom. The average molecular weight is 408 g/mol. The quantitative estimate of drug-likeness (QED) is 0.797. The van der Waals surface area contributed by atoms with E-state index in [1.807, 2.05) is 6.92 Å². The third-order valence-electron chi connectivity index (χ3n) is 5.18. The van der Waals surface area contributed by atoms with Crippen molar-refractivity contribution < 1.29 is 13.2 Å². The summed E-state index contributed by atoms with van der Waals surface area (Å²) in [7, 11) is -3.83. The van der Waals surface area contributed by atoms with Gasteiger partial charge in [0.2, 0.25) is 15.9 Å². The molecule has 146 valence electrons. The van der Waals surface area contributed by atoms with Crippen molar-refractivity contribution in [2.45, 2.75) is 44.6 Å². The zero-order valence-electron chi connectivity index (χ0n) is 15.8. The molecule has 1 unspecified atom stereocenters. The van der Waals surface area contributed by atoms with Gasteiger partial charge in [-0.3, -0.25) is 9.69 Å². The molecular weight excluding hydrogens is 382 g/mol. The summed E-state index contributed by atoms with van der Waals surface area (Å²) < 4.78 is 23.4. The molecule has 1 aliphatic heterocycles. The number of fused-ring (bicyclic) bond motifs is 1. The predicted octanol–water partition coefficient (Wildman–Crippen LogP) is 2.96. The van der Waals surface area contributed by atoms with Crippen molar-refractivity contribution in [3.8, 4) is 0 Å². The summed E-state index contributed by atoms with van der Waals surface area (Å²) in [4.78, 5) is 16.3. The lowest BCUT2D eigenvalue weighted by Gasteiger charge is -2.34. The zero-order chi connectivity index (χ0) is 19.8. The van der Waals surface area contributed by atoms with Crippen molar-refractivity contribution in [3.05, 3.63) is 45.1 Å². The molecule has 3 rings (SSSR count). The van der Waals surface area contributed by atoms with Crippen LogP contribution in [-0.4, -0.2) is 32.3 Å². The van der Waals surface area contributed by atoms with Crippen LogP contribution in [0.15, 0.2) is 28.5 Å². The molecule has 3 N–H and O–H groups in total. The minimum Gasteiger partial charge on any atom is -0.325 e. The lowest BCUT2D eigenvalue weighted by Crippen LogP contribution is -2.40. The number of nitrogens with one attached hydrogen (secondary N) is 1. The van der Waals surface area contributed by atoms with Gasteiger partial charge in [0.25, 0.3) is 0 Å². The number of benzene rings is 1. The first-order valence-corrected chi connectivity index (χ1v) is 11.4. The van der Waals surface area contributed by atoms with Crippen LogP contribution in [-0.2, 0) is 21.2 Å². The van der Waals surface area contributed by atoms with Gasteiger partial charge < -0.3 is 5.32 Å². The molecule has 6 nitrogen and oxygen atoms in total. The fourth-order valence-electron chi connectivity index (χ4n) is 3.61. The number of aryl methyl sites for hydroxylation is 1. The molecule has 2 aromatic rings. The summed E-state index contributed by atoms with van der Waals surface area (Å²) >= 11 is 1.78. The van der Waals surface area contributed by atoms with Gasteiger partial charge in [0, 0.05) is 23.2 Å². The van der Waals surface area contributed by atoms with Gasteiger partial charge >= 0.3 is 0 Å². The molecule has 0 aliphatic carbocycles. The summed E-state index contributed by atoms with van der Waals surface area (Å²) in [6.07, 6.45) is 1.89. The first-order chi connectivity index (χ1) is 12.7. The lowest BCUT2D eigenvalue weighted by atomic mass is 9.98. The molecule has 2 heterocycles. The zero-order valence-corrected chi connectivity index (χ0v) is 17.4. The van der Waals surface area contributed by atoms with E-state index in [1.54, 1.807) is 18.3 Å². The average Bonchev–Trinajstić information content (AvgIpc) is 3.06. The Bertz CT molecular complexity index is 967. The Labute approximate surface area is 164 Å². The second-order valence-corrected chi connectivity index (χ2v) is 9.51. The number of nitrogens with zero attached hydrogens (tertiary/aromatic N) is 1. The predicted molar refractivity (Wildman–Crippen MR) is 109 cm³/mol. The monoisotopic (exact) mass is 407 g/mol. The highest BCUT2D eigenvalue weighted by molar-refractivity contribution is 7.89. The van der Waals surface area contributed by atoms with Crippen LogP contribution in [0.25, 0.3) is 0 Å². The third kappa shape index (κ3) is 4.24. The van der Waals surface area contributed by atoms with Crippen LogP contribution in [0.1, 0.15) is 41.0 Å². The number of sulfonamides is 1. The van der Waals surface area contributed by atoms with Crippen molar-refractivity contribution in [1.82, 2.24) is 4.90 Å². The Hall–Kier alpha value is -1.74. The topological polar surface area (TPSA) is 92.5 Å². The highest BCUT2D eigenvalue weighted by Gasteiger charge is 2.28. The van der Waals surface area contributed by atoms with Gasteiger partial charge in [-0.2, -0.15) is 0 Å². The van der Waals surface area contributed by atoms with Gasteiger partial charge in [0.1, 0.15) is 0 Å². The van der Waals surface area contributed by atoms with Crippen LogP contribution in [0.2, 0.25) is 0 Å². The lowest BCUT2D eigenvalue weighted by molar-refractivity contribution is -0.118. The van der Waals surface area contributed by atoms with Gasteiger partial charge in [-0.1, -0.05) is 6.92 Å². The van der Waals surface area contributed by atoms with Gasteiger partial charge in [-0.25, -0.2) is 13.6 Å². The molecule has 1 atom stereocenters. The second-order valence-electron chi connectivity index (χ2n) is 6.95. The van der Waals surface area contributed by atoms with Crippen molar-refractivity contribution in [2.24, 2.45) is 5.14 Å². The Morgan fingerprint density at radius 1 is 1.37 bits per heavy atom. The van der Waals surface area contributed by atoms with E-state index in [4.69, 9.17) is 5.14 Å². The molecule has 0 radical (unpaired) electrons. The number of primary sulfonamides is 1. The van der Waals surface area contributed by atoms with Gasteiger partial charge in [0.15, 0.2) is 0 Å². The SMILES string of the molecule is CCC1c2ccsc2CCN1CC(=O)Nc1cc(S(N)(=O)=O)cc(C)c1C. The van der Waals surface area contributed by atoms with Crippen LogP contribution < -0.4 is 10.5 Å². The van der Waals surface area contributed by atoms with Crippen molar-refractivity contribution >= 4 is 33.0 Å². The highest BCUT2D eigenvalue weighted by atomic mass is 32.2. The number of amides is 1. The summed E-state index contributed by atoms with van der Waals surface area (Å²) in [6, 6.07) is 5.35. The number of hydrogen-bond acceptors (Lipinski definition) is 5. The van der Waals surface area contributed by atoms with Crippen LogP contribution in [0, 0.1) is 13.8 Å². The summed E-state index contributed by atoms with van der Waals surface area (Å²) in [5, 5.41) is 10.2. The molecule has 0 fully saturated rings. The van der Waals surface area contributed by atoms with Crippen molar-refractivity contribution in [3.63, 3.8) is 0 Å². The summed E-state index contributed by atoms with van der Waals surface area (Å²) in [5.74, 6) is -0.152. The fourth-order valence-corrected chi connectivity index (χ4v) is 5.16. The van der Waals surface area contributed by atoms with Crippen LogP contribution in [0.4, 0.5) is 5.69 Å². The maximum atomic E-state index is 12.7. The Morgan fingerprint density at radius 2 is 2.11 bits per heavy atom. The molecule has 1 aromatic heterocycles. The summed E-state index contributed by atoms with van der Waals surface area (Å²) in [5.41, 5.74) is 3.42. The minimum absolute atomic E-state index is 0.00761. The number of carbonyl (C=O) groups excluding carboxylic acids is 1. The number of nitrogens with two attached hydrogens (primary N) is 1. The molecule has 27 heavy (non-hydrogen) atoms. The maximum Gasteiger partial charge on any atom is 0.238 e. The molecule has 1 aliphatic rings. The normalized spacial score (nSPS) is 17.6. The molecule has 1 amide bonds. The summed E-state index contributed by atoms with van der Waals surface area (Å²) in [6.45, 7) is 6.90. The van der Waals surface area contributed by atoms with E-state index >= 15 is 0 Å². The van der Waals surface area contributed by atoms with Crippen molar-refractivity contribution in [2.75, 3.05) is 18.4 Å². The number of carbonyl (C=O) groups is 1. The Balaban J connectivity index is 1.78. The molecule has 0 saturated carbocycles. The molecule has 1 aromatic carbocycles. The van der Waals surface area contributed by atoms with E-state index in [-0.39, 0.29) is 23.4 Å². The molecule has 0 saturated heterocycles.